The minimum atomic E-state index is -0.335. The van der Waals surface area contributed by atoms with Crippen LogP contribution in [0, 0.1) is 11.3 Å². The van der Waals surface area contributed by atoms with Crippen molar-refractivity contribution in [2.45, 2.75) is 6.42 Å². The second kappa shape index (κ2) is 8.84. The van der Waals surface area contributed by atoms with Gasteiger partial charge in [-0.25, -0.2) is 0 Å². The van der Waals surface area contributed by atoms with E-state index in [1.165, 1.54) is 0 Å². The van der Waals surface area contributed by atoms with E-state index < -0.39 is 0 Å². The first-order valence-corrected chi connectivity index (χ1v) is 8.74. The van der Waals surface area contributed by atoms with Crippen molar-refractivity contribution in [1.29, 1.82) is 5.26 Å². The largest absolute Gasteiger partial charge is 0.426 e. The molecule has 3 aromatic carbocycles. The van der Waals surface area contributed by atoms with E-state index in [2.05, 4.69) is 6.07 Å². The number of esters is 1. The molecule has 0 saturated heterocycles. The van der Waals surface area contributed by atoms with Crippen LogP contribution in [0.25, 0.3) is 11.6 Å². The molecule has 3 nitrogen and oxygen atoms in total. The zero-order valence-corrected chi connectivity index (χ0v) is 15.2. The lowest BCUT2D eigenvalue weighted by molar-refractivity contribution is -0.133. The zero-order valence-electron chi connectivity index (χ0n) is 14.4. The number of hydrogen-bond donors (Lipinski definition) is 0. The second-order valence-corrected chi connectivity index (χ2v) is 6.33. The van der Waals surface area contributed by atoms with Crippen LogP contribution in [0.2, 0.25) is 5.02 Å². The zero-order chi connectivity index (χ0) is 19.1. The first-order valence-electron chi connectivity index (χ1n) is 8.36. The highest BCUT2D eigenvalue weighted by atomic mass is 35.5. The van der Waals surface area contributed by atoms with Crippen LogP contribution in [0.3, 0.4) is 0 Å². The summed E-state index contributed by atoms with van der Waals surface area (Å²) < 4.78 is 5.43. The van der Waals surface area contributed by atoms with E-state index in [9.17, 15) is 10.1 Å². The van der Waals surface area contributed by atoms with Gasteiger partial charge in [0, 0.05) is 5.02 Å². The first kappa shape index (κ1) is 18.4. The van der Waals surface area contributed by atoms with Gasteiger partial charge in [-0.2, -0.15) is 5.26 Å². The van der Waals surface area contributed by atoms with Crippen LogP contribution >= 0.6 is 11.6 Å². The lowest BCUT2D eigenvalue weighted by Gasteiger charge is -2.06. The maximum atomic E-state index is 12.1. The number of benzene rings is 3. The van der Waals surface area contributed by atoms with Crippen molar-refractivity contribution in [3.05, 3.63) is 101 Å². The highest BCUT2D eigenvalue weighted by Crippen LogP contribution is 2.23. The Bertz CT molecular complexity index is 1020. The van der Waals surface area contributed by atoms with Crippen LogP contribution in [0.15, 0.2) is 78.9 Å². The number of nitriles is 1. The van der Waals surface area contributed by atoms with Gasteiger partial charge >= 0.3 is 5.97 Å². The van der Waals surface area contributed by atoms with Crippen molar-refractivity contribution in [3.63, 3.8) is 0 Å². The van der Waals surface area contributed by atoms with Crippen molar-refractivity contribution >= 4 is 29.2 Å². The van der Waals surface area contributed by atoms with Crippen LogP contribution in [-0.2, 0) is 11.2 Å². The normalized spacial score (nSPS) is 10.9. The molecule has 0 atom stereocenters. The quantitative estimate of drug-likeness (QED) is 0.255. The van der Waals surface area contributed by atoms with Crippen LogP contribution < -0.4 is 4.74 Å². The average molecular weight is 374 g/mol. The third-order valence-corrected chi connectivity index (χ3v) is 4.08. The molecule has 0 aliphatic rings. The lowest BCUT2D eigenvalue weighted by atomic mass is 10.0. The Hall–Kier alpha value is -3.35. The number of carbonyl (C=O) groups is 1. The van der Waals surface area contributed by atoms with Crippen molar-refractivity contribution in [2.75, 3.05) is 0 Å². The molecule has 0 saturated carbocycles. The van der Waals surface area contributed by atoms with Gasteiger partial charge in [-0.3, -0.25) is 4.79 Å². The van der Waals surface area contributed by atoms with Crippen molar-refractivity contribution in [3.8, 4) is 11.8 Å². The van der Waals surface area contributed by atoms with Crippen LogP contribution in [0.5, 0.6) is 5.75 Å². The Balaban J connectivity index is 1.77. The Kier molecular flexibility index (Phi) is 6.04. The third-order valence-electron chi connectivity index (χ3n) is 3.85. The van der Waals surface area contributed by atoms with Gasteiger partial charge in [-0.1, -0.05) is 66.2 Å². The summed E-state index contributed by atoms with van der Waals surface area (Å²) >= 11 is 6.00. The molecule has 3 aromatic rings. The molecule has 0 aromatic heterocycles. The molecule has 0 unspecified atom stereocenters. The molecule has 0 amide bonds. The maximum absolute atomic E-state index is 12.1. The summed E-state index contributed by atoms with van der Waals surface area (Å²) in [6.07, 6.45) is 1.94. The van der Waals surface area contributed by atoms with Gasteiger partial charge in [0.2, 0.25) is 0 Å². The van der Waals surface area contributed by atoms with Gasteiger partial charge in [-0.05, 0) is 47.0 Å². The van der Waals surface area contributed by atoms with E-state index in [0.717, 1.165) is 16.7 Å². The molecular weight excluding hydrogens is 358 g/mol. The summed E-state index contributed by atoms with van der Waals surface area (Å²) in [5, 5.41) is 10.0. The average Bonchev–Trinajstić information content (AvgIpc) is 2.67. The van der Waals surface area contributed by atoms with Crippen molar-refractivity contribution in [2.24, 2.45) is 0 Å². The maximum Gasteiger partial charge on any atom is 0.315 e. The van der Waals surface area contributed by atoms with Crippen LogP contribution in [0.4, 0.5) is 0 Å². The Morgan fingerprint density at radius 2 is 1.78 bits per heavy atom. The molecule has 0 spiro atoms. The highest BCUT2D eigenvalue weighted by molar-refractivity contribution is 6.30. The third kappa shape index (κ3) is 5.31. The molecule has 27 heavy (non-hydrogen) atoms. The molecule has 0 bridgehead atoms. The van der Waals surface area contributed by atoms with Crippen LogP contribution in [0.1, 0.15) is 16.7 Å². The fourth-order valence-corrected chi connectivity index (χ4v) is 2.79. The molecular formula is C23H16ClNO2. The lowest BCUT2D eigenvalue weighted by Crippen LogP contribution is -2.11. The summed E-state index contributed by atoms with van der Waals surface area (Å²) in [5.74, 6) is 0.103. The molecule has 4 heteroatoms. The fraction of sp³-hybridized carbons (Fsp3) is 0.0435. The Labute approximate surface area is 163 Å². The summed E-state index contributed by atoms with van der Waals surface area (Å²) in [6, 6.07) is 25.8. The van der Waals surface area contributed by atoms with Crippen LogP contribution in [-0.4, -0.2) is 5.97 Å². The van der Waals surface area contributed by atoms with E-state index in [1.54, 1.807) is 42.5 Å². The minimum Gasteiger partial charge on any atom is -0.426 e. The van der Waals surface area contributed by atoms with E-state index in [4.69, 9.17) is 16.3 Å². The number of nitrogens with zero attached hydrogens (tertiary/aromatic N) is 1. The molecule has 0 N–H and O–H groups in total. The standard InChI is InChI=1S/C23H16ClNO2/c24-21-10-5-9-19(15-21)20(16-25)12-18-8-4-11-22(13-18)27-23(26)14-17-6-2-1-3-7-17/h1-13,15H,14H2/b20-12-. The van der Waals surface area contributed by atoms with E-state index in [0.29, 0.717) is 16.3 Å². The molecule has 0 aliphatic carbocycles. The molecule has 0 fully saturated rings. The number of carbonyl (C=O) groups excluding carboxylic acids is 1. The number of rotatable bonds is 5. The predicted molar refractivity (Wildman–Crippen MR) is 107 cm³/mol. The van der Waals surface area contributed by atoms with E-state index in [-0.39, 0.29) is 12.4 Å². The Morgan fingerprint density at radius 1 is 1.00 bits per heavy atom. The summed E-state index contributed by atoms with van der Waals surface area (Å²) in [6.45, 7) is 0. The number of ether oxygens (including phenoxy) is 1. The van der Waals surface area contributed by atoms with Gasteiger partial charge in [0.25, 0.3) is 0 Å². The van der Waals surface area contributed by atoms with Gasteiger partial charge in [0.1, 0.15) is 5.75 Å². The SMILES string of the molecule is N#C/C(=C/c1cccc(OC(=O)Cc2ccccc2)c1)c1cccc(Cl)c1. The van der Waals surface area contributed by atoms with E-state index in [1.807, 2.05) is 42.5 Å². The summed E-state index contributed by atoms with van der Waals surface area (Å²) in [5.41, 5.74) is 2.87. The first-order chi connectivity index (χ1) is 13.1. The van der Waals surface area contributed by atoms with Gasteiger partial charge in [0.15, 0.2) is 0 Å². The van der Waals surface area contributed by atoms with Crippen molar-refractivity contribution < 1.29 is 9.53 Å². The summed E-state index contributed by atoms with van der Waals surface area (Å²) in [4.78, 5) is 12.1. The molecule has 0 aliphatic heterocycles. The fourth-order valence-electron chi connectivity index (χ4n) is 2.60. The van der Waals surface area contributed by atoms with Gasteiger partial charge in [0.05, 0.1) is 18.1 Å². The predicted octanol–water partition coefficient (Wildman–Crippen LogP) is 5.55. The number of halogens is 1. The number of hydrogen-bond acceptors (Lipinski definition) is 3. The number of allylic oxidation sites excluding steroid dienone is 1. The molecule has 132 valence electrons. The minimum absolute atomic E-state index is 0.201. The molecule has 0 radical (unpaired) electrons. The topological polar surface area (TPSA) is 50.1 Å². The van der Waals surface area contributed by atoms with Crippen molar-refractivity contribution in [1.82, 2.24) is 0 Å². The smallest absolute Gasteiger partial charge is 0.315 e. The monoisotopic (exact) mass is 373 g/mol. The highest BCUT2D eigenvalue weighted by Gasteiger charge is 2.07. The second-order valence-electron chi connectivity index (χ2n) is 5.89. The summed E-state index contributed by atoms with van der Waals surface area (Å²) in [7, 11) is 0. The van der Waals surface area contributed by atoms with Gasteiger partial charge < -0.3 is 4.74 Å². The van der Waals surface area contributed by atoms with E-state index >= 15 is 0 Å². The molecule has 0 heterocycles. The molecule has 3 rings (SSSR count). The Morgan fingerprint density at radius 3 is 2.52 bits per heavy atom. The van der Waals surface area contributed by atoms with Gasteiger partial charge in [-0.15, -0.1) is 0 Å².